The van der Waals surface area contributed by atoms with Gasteiger partial charge in [-0.15, -0.1) is 0 Å². The van der Waals surface area contributed by atoms with Gasteiger partial charge in [0.15, 0.2) is 0 Å². The van der Waals surface area contributed by atoms with Gasteiger partial charge < -0.3 is 19.9 Å². The Kier molecular flexibility index (Phi) is 8.52. The van der Waals surface area contributed by atoms with Gasteiger partial charge in [0.2, 0.25) is 0 Å². The zero-order valence-electron chi connectivity index (χ0n) is 17.9. The van der Waals surface area contributed by atoms with Crippen molar-refractivity contribution in [2.45, 2.75) is 64.5 Å². The summed E-state index contributed by atoms with van der Waals surface area (Å²) in [7, 11) is 0. The van der Waals surface area contributed by atoms with Crippen LogP contribution in [0.15, 0.2) is 54.6 Å². The summed E-state index contributed by atoms with van der Waals surface area (Å²) in [6, 6.07) is 17.3. The second-order valence-electron chi connectivity index (χ2n) is 8.25. The molecule has 0 saturated carbocycles. The van der Waals surface area contributed by atoms with Crippen molar-refractivity contribution in [3.05, 3.63) is 60.2 Å². The molecule has 2 aromatic rings. The summed E-state index contributed by atoms with van der Waals surface area (Å²) in [5.41, 5.74) is 0.626. The molecule has 0 aliphatic rings. The van der Waals surface area contributed by atoms with Crippen molar-refractivity contribution in [2.24, 2.45) is 0 Å². The van der Waals surface area contributed by atoms with E-state index >= 15 is 0 Å². The average Bonchev–Trinajstić information content (AvgIpc) is 2.65. The normalized spacial score (nSPS) is 13.4. The van der Waals surface area contributed by atoms with Crippen molar-refractivity contribution in [1.82, 2.24) is 5.32 Å². The summed E-state index contributed by atoms with van der Waals surface area (Å²) >= 11 is 0. The van der Waals surface area contributed by atoms with Crippen LogP contribution in [-0.2, 0) is 4.74 Å². The van der Waals surface area contributed by atoms with E-state index in [4.69, 9.17) is 9.47 Å². The molecule has 2 aromatic carbocycles. The van der Waals surface area contributed by atoms with E-state index in [0.29, 0.717) is 18.6 Å². The number of rotatable bonds is 9. The van der Waals surface area contributed by atoms with Gasteiger partial charge in [-0.05, 0) is 63.4 Å². The van der Waals surface area contributed by atoms with E-state index < -0.39 is 12.2 Å². The minimum absolute atomic E-state index is 0.142. The van der Waals surface area contributed by atoms with Gasteiger partial charge >= 0.3 is 6.09 Å². The number of amides is 1. The highest BCUT2D eigenvalue weighted by Crippen LogP contribution is 2.30. The van der Waals surface area contributed by atoms with Crippen LogP contribution in [-0.4, -0.2) is 29.4 Å². The van der Waals surface area contributed by atoms with Gasteiger partial charge in [0.1, 0.15) is 11.5 Å². The average molecular weight is 400 g/mol. The molecule has 0 aliphatic carbocycles. The van der Waals surface area contributed by atoms with E-state index in [1.165, 1.54) is 0 Å². The third-order valence-electron chi connectivity index (χ3n) is 4.45. The number of para-hydroxylation sites is 1. The maximum absolute atomic E-state index is 11.9. The molecule has 0 saturated heterocycles. The summed E-state index contributed by atoms with van der Waals surface area (Å²) in [6.45, 7) is 7.99. The lowest BCUT2D eigenvalue weighted by atomic mass is 9.88. The largest absolute Gasteiger partial charge is 0.457 e. The quantitative estimate of drug-likeness (QED) is 0.573. The van der Waals surface area contributed by atoms with Gasteiger partial charge in [-0.25, -0.2) is 4.79 Å². The molecule has 2 atom stereocenters. The van der Waals surface area contributed by atoms with Crippen molar-refractivity contribution in [2.75, 3.05) is 6.61 Å². The molecule has 1 amide bonds. The molecule has 0 heterocycles. The molecule has 2 unspecified atom stereocenters. The molecule has 158 valence electrons. The highest BCUT2D eigenvalue weighted by Gasteiger charge is 2.22. The van der Waals surface area contributed by atoms with E-state index in [1.54, 1.807) is 0 Å². The Morgan fingerprint density at radius 1 is 1.03 bits per heavy atom. The third kappa shape index (κ3) is 8.16. The van der Waals surface area contributed by atoms with Crippen LogP contribution in [0.3, 0.4) is 0 Å². The molecule has 5 nitrogen and oxygen atoms in total. The lowest BCUT2D eigenvalue weighted by Gasteiger charge is -2.24. The lowest BCUT2D eigenvalue weighted by Crippen LogP contribution is -2.41. The Hall–Kier alpha value is -2.53. The maximum atomic E-state index is 11.9. The van der Waals surface area contributed by atoms with Gasteiger partial charge in [-0.3, -0.25) is 0 Å². The number of aliphatic hydroxyl groups excluding tert-OH is 1. The van der Waals surface area contributed by atoms with Crippen molar-refractivity contribution in [3.63, 3.8) is 0 Å². The second kappa shape index (κ2) is 10.9. The molecule has 2 rings (SSSR count). The van der Waals surface area contributed by atoms with Crippen LogP contribution >= 0.6 is 0 Å². The van der Waals surface area contributed by atoms with Gasteiger partial charge in [0.25, 0.3) is 0 Å². The van der Waals surface area contributed by atoms with Crippen LogP contribution in [0.25, 0.3) is 0 Å². The molecule has 0 bridgehead atoms. The fourth-order valence-corrected chi connectivity index (χ4v) is 3.13. The molecule has 0 spiro atoms. The second-order valence-corrected chi connectivity index (χ2v) is 8.25. The smallest absolute Gasteiger partial charge is 0.407 e. The predicted molar refractivity (Wildman–Crippen MR) is 115 cm³/mol. The molecule has 5 heteroatoms. The number of hydrogen-bond donors (Lipinski definition) is 2. The van der Waals surface area contributed by atoms with Crippen LogP contribution < -0.4 is 10.1 Å². The minimum Gasteiger partial charge on any atom is -0.457 e. The molecule has 29 heavy (non-hydrogen) atoms. The zero-order chi connectivity index (χ0) is 21.3. The van der Waals surface area contributed by atoms with E-state index in [0.717, 1.165) is 17.7 Å². The van der Waals surface area contributed by atoms with E-state index in [9.17, 15) is 9.90 Å². The monoisotopic (exact) mass is 399 g/mol. The zero-order valence-corrected chi connectivity index (χ0v) is 17.9. The van der Waals surface area contributed by atoms with Crippen molar-refractivity contribution in [3.8, 4) is 11.5 Å². The number of ether oxygens (including phenoxy) is 2. The number of carbonyl (C=O) groups excluding carboxylic acids is 1. The molecule has 0 fully saturated rings. The number of nitrogens with one attached hydrogen (secondary N) is 1. The van der Waals surface area contributed by atoms with Crippen LogP contribution in [0.2, 0.25) is 0 Å². The molecular formula is C24H33NO4. The first-order valence-electron chi connectivity index (χ1n) is 10.2. The highest BCUT2D eigenvalue weighted by molar-refractivity contribution is 5.68. The first-order valence-corrected chi connectivity index (χ1v) is 10.2. The number of alkyl carbamates (subject to hydrolysis) is 1. The summed E-state index contributed by atoms with van der Waals surface area (Å²) < 4.78 is 11.3. The third-order valence-corrected chi connectivity index (χ3v) is 4.45. The topological polar surface area (TPSA) is 67.8 Å². The molecule has 0 aromatic heterocycles. The van der Waals surface area contributed by atoms with Crippen molar-refractivity contribution >= 4 is 6.09 Å². The van der Waals surface area contributed by atoms with Crippen LogP contribution in [0.4, 0.5) is 4.79 Å². The first kappa shape index (κ1) is 22.8. The Morgan fingerprint density at radius 3 is 2.38 bits per heavy atom. The Labute approximate surface area is 174 Å². The van der Waals surface area contributed by atoms with Crippen LogP contribution in [0.5, 0.6) is 11.5 Å². The van der Waals surface area contributed by atoms with Crippen molar-refractivity contribution < 1.29 is 19.4 Å². The number of carbonyl (C=O) groups is 1. The fraction of sp³-hybridized carbons (Fsp3) is 0.458. The minimum atomic E-state index is -0.513. The number of benzene rings is 2. The summed E-state index contributed by atoms with van der Waals surface area (Å²) in [4.78, 5) is 11.9. The lowest BCUT2D eigenvalue weighted by molar-refractivity contribution is 0.100. The van der Waals surface area contributed by atoms with Gasteiger partial charge in [0.05, 0.1) is 12.7 Å². The molecule has 2 N–H and O–H groups in total. The first-order chi connectivity index (χ1) is 13.8. The van der Waals surface area contributed by atoms with E-state index in [1.807, 2.05) is 82.3 Å². The maximum Gasteiger partial charge on any atom is 0.407 e. The summed E-state index contributed by atoms with van der Waals surface area (Å²) in [5, 5.41) is 13.5. The van der Waals surface area contributed by atoms with Crippen LogP contribution in [0.1, 0.15) is 58.4 Å². The summed E-state index contributed by atoms with van der Waals surface area (Å²) in [5.74, 6) is 1.34. The summed E-state index contributed by atoms with van der Waals surface area (Å²) in [6.07, 6.45) is 1.14. The fourth-order valence-electron chi connectivity index (χ4n) is 3.13. The highest BCUT2D eigenvalue weighted by atomic mass is 16.5. The van der Waals surface area contributed by atoms with Gasteiger partial charge in [-0.1, -0.05) is 43.7 Å². The molecule has 0 aliphatic heterocycles. The predicted octanol–water partition coefficient (Wildman–Crippen LogP) is 5.64. The Morgan fingerprint density at radius 2 is 1.72 bits per heavy atom. The molecular weight excluding hydrogens is 366 g/mol. The standard InChI is InChI=1S/C24H33NO4/c1-5-10-22(26)21(15-16-28-23(27)25-24(2,3)4)18-11-9-14-20(17-18)29-19-12-7-6-8-13-19/h6-9,11-14,17,21-22,26H,5,10,15-16H2,1-4H3,(H,25,27). The van der Waals surface area contributed by atoms with Crippen LogP contribution in [0, 0.1) is 0 Å². The number of hydrogen-bond acceptors (Lipinski definition) is 4. The molecule has 0 radical (unpaired) electrons. The van der Waals surface area contributed by atoms with Gasteiger partial charge in [0, 0.05) is 11.5 Å². The van der Waals surface area contributed by atoms with E-state index in [2.05, 4.69) is 5.32 Å². The van der Waals surface area contributed by atoms with Crippen molar-refractivity contribution in [1.29, 1.82) is 0 Å². The Balaban J connectivity index is 2.07. The SMILES string of the molecule is CCCC(O)C(CCOC(=O)NC(C)(C)C)c1cccc(Oc2ccccc2)c1. The van der Waals surface area contributed by atoms with Gasteiger partial charge in [-0.2, -0.15) is 0 Å². The van der Waals surface area contributed by atoms with E-state index in [-0.39, 0.29) is 18.1 Å². The number of aliphatic hydroxyl groups is 1. The Bertz CT molecular complexity index is 755.